The third-order valence-electron chi connectivity index (χ3n) is 8.04. The molecule has 1 saturated heterocycles. The second kappa shape index (κ2) is 13.2. The summed E-state index contributed by atoms with van der Waals surface area (Å²) in [6.07, 6.45) is 4.29. The van der Waals surface area contributed by atoms with Gasteiger partial charge in [-0.1, -0.05) is 55.3 Å². The van der Waals surface area contributed by atoms with Crippen LogP contribution in [0.15, 0.2) is 54.6 Å². The predicted molar refractivity (Wildman–Crippen MR) is 151 cm³/mol. The van der Waals surface area contributed by atoms with E-state index in [9.17, 15) is 19.2 Å². The molecule has 1 aliphatic carbocycles. The quantitative estimate of drug-likeness (QED) is 0.349. The van der Waals surface area contributed by atoms with Crippen molar-refractivity contribution in [1.82, 2.24) is 10.6 Å². The van der Waals surface area contributed by atoms with E-state index in [1.807, 2.05) is 54.6 Å². The first-order valence-electron chi connectivity index (χ1n) is 14.2. The van der Waals surface area contributed by atoms with Crippen molar-refractivity contribution < 1.29 is 28.7 Å². The van der Waals surface area contributed by atoms with Gasteiger partial charge in [-0.3, -0.25) is 19.2 Å². The van der Waals surface area contributed by atoms with Crippen molar-refractivity contribution in [3.05, 3.63) is 65.7 Å². The lowest BCUT2D eigenvalue weighted by atomic mass is 9.89. The molecule has 8 nitrogen and oxygen atoms in total. The SMILES string of the molecule is COc1ccc(C[C@H](CC(=O)[C@@H](C)NC(=O)C2CCCC2)C(=O)N[C@@H](Cc2ccccc2)C(=O)[C@@]2(C)CO2)cc1. The monoisotopic (exact) mass is 548 g/mol. The van der Waals surface area contributed by atoms with Crippen LogP contribution < -0.4 is 15.4 Å². The molecular weight excluding hydrogens is 508 g/mol. The number of rotatable bonds is 14. The van der Waals surface area contributed by atoms with Gasteiger partial charge in [0.25, 0.3) is 0 Å². The standard InChI is InChI=1S/C32H40N2O6/c1-21(33-30(37)24-11-7-8-12-24)28(35)19-25(17-23-13-15-26(39-3)16-14-23)31(38)34-27(29(36)32(2)20-40-32)18-22-9-5-4-6-10-22/h4-6,9-10,13-16,21,24-25,27H,7-8,11-12,17-20H2,1-3H3,(H,33,37)(H,34,38)/t21-,25-,27+,32-/m1/s1. The Morgan fingerprint density at radius 3 is 2.17 bits per heavy atom. The van der Waals surface area contributed by atoms with Crippen LogP contribution in [0.5, 0.6) is 5.75 Å². The molecule has 2 amide bonds. The first-order valence-corrected chi connectivity index (χ1v) is 14.2. The van der Waals surface area contributed by atoms with Crippen LogP contribution in [-0.2, 0) is 36.8 Å². The molecular formula is C32H40N2O6. The highest BCUT2D eigenvalue weighted by Crippen LogP contribution is 2.29. The van der Waals surface area contributed by atoms with Crippen molar-refractivity contribution in [1.29, 1.82) is 0 Å². The molecule has 2 fully saturated rings. The summed E-state index contributed by atoms with van der Waals surface area (Å²) in [7, 11) is 1.58. The van der Waals surface area contributed by atoms with Crippen LogP contribution in [0.1, 0.15) is 57.1 Å². The highest BCUT2D eigenvalue weighted by molar-refractivity contribution is 5.98. The Labute approximate surface area is 236 Å². The van der Waals surface area contributed by atoms with E-state index in [2.05, 4.69) is 10.6 Å². The Morgan fingerprint density at radius 2 is 1.57 bits per heavy atom. The molecule has 1 aliphatic heterocycles. The number of benzene rings is 2. The summed E-state index contributed by atoms with van der Waals surface area (Å²) in [6.45, 7) is 3.72. The van der Waals surface area contributed by atoms with Crippen molar-refractivity contribution >= 4 is 23.4 Å². The van der Waals surface area contributed by atoms with E-state index in [1.165, 1.54) is 0 Å². The van der Waals surface area contributed by atoms with Crippen molar-refractivity contribution in [2.45, 2.75) is 76.5 Å². The normalized spacial score (nSPS) is 20.7. The molecule has 2 aliphatic rings. The predicted octanol–water partition coefficient (Wildman–Crippen LogP) is 3.59. The van der Waals surface area contributed by atoms with Crippen molar-refractivity contribution in [3.8, 4) is 5.75 Å². The molecule has 0 radical (unpaired) electrons. The van der Waals surface area contributed by atoms with Crippen LogP contribution in [0, 0.1) is 11.8 Å². The summed E-state index contributed by atoms with van der Waals surface area (Å²) in [5.41, 5.74) is 0.865. The molecule has 0 unspecified atom stereocenters. The van der Waals surface area contributed by atoms with Crippen LogP contribution in [0.4, 0.5) is 0 Å². The number of carbonyl (C=O) groups excluding carboxylic acids is 4. The summed E-state index contributed by atoms with van der Waals surface area (Å²) >= 11 is 0. The number of hydrogen-bond donors (Lipinski definition) is 2. The number of epoxide rings is 1. The largest absolute Gasteiger partial charge is 0.497 e. The van der Waals surface area contributed by atoms with E-state index < -0.39 is 23.6 Å². The van der Waals surface area contributed by atoms with Crippen LogP contribution >= 0.6 is 0 Å². The fraction of sp³-hybridized carbons (Fsp3) is 0.500. The smallest absolute Gasteiger partial charge is 0.224 e. The number of ether oxygens (including phenoxy) is 2. The maximum absolute atomic E-state index is 13.7. The van der Waals surface area contributed by atoms with Gasteiger partial charge in [0.15, 0.2) is 11.6 Å². The Hall–Kier alpha value is -3.52. The Balaban J connectivity index is 1.50. The average Bonchev–Trinajstić information content (AvgIpc) is 3.47. The number of Topliss-reactive ketones (excluding diaryl/α,β-unsaturated/α-hetero) is 2. The van der Waals surface area contributed by atoms with E-state index in [0.717, 1.165) is 36.8 Å². The molecule has 0 spiro atoms. The number of methoxy groups -OCH3 is 1. The second-order valence-corrected chi connectivity index (χ2v) is 11.3. The van der Waals surface area contributed by atoms with Gasteiger partial charge < -0.3 is 20.1 Å². The first kappa shape index (κ1) is 29.5. The fourth-order valence-corrected chi connectivity index (χ4v) is 5.29. The van der Waals surface area contributed by atoms with Gasteiger partial charge in [-0.05, 0) is 62.8 Å². The average molecular weight is 549 g/mol. The Bertz CT molecular complexity index is 1190. The molecule has 2 aromatic carbocycles. The molecule has 4 atom stereocenters. The van der Waals surface area contributed by atoms with Gasteiger partial charge in [-0.2, -0.15) is 0 Å². The molecule has 2 aromatic rings. The van der Waals surface area contributed by atoms with Crippen LogP contribution in [0.2, 0.25) is 0 Å². The first-order chi connectivity index (χ1) is 19.2. The van der Waals surface area contributed by atoms with Gasteiger partial charge in [0.2, 0.25) is 11.8 Å². The molecule has 214 valence electrons. The van der Waals surface area contributed by atoms with Gasteiger partial charge in [0.05, 0.1) is 25.8 Å². The summed E-state index contributed by atoms with van der Waals surface area (Å²) in [6, 6.07) is 15.3. The highest BCUT2D eigenvalue weighted by atomic mass is 16.6. The van der Waals surface area contributed by atoms with Crippen molar-refractivity contribution in [2.75, 3.05) is 13.7 Å². The van der Waals surface area contributed by atoms with Crippen LogP contribution in [-0.4, -0.2) is 54.8 Å². The third-order valence-corrected chi connectivity index (χ3v) is 8.04. The van der Waals surface area contributed by atoms with E-state index >= 15 is 0 Å². The molecule has 1 saturated carbocycles. The highest BCUT2D eigenvalue weighted by Gasteiger charge is 2.50. The zero-order valence-electron chi connectivity index (χ0n) is 23.6. The van der Waals surface area contributed by atoms with Crippen molar-refractivity contribution in [2.24, 2.45) is 11.8 Å². The molecule has 4 rings (SSSR count). The third kappa shape index (κ3) is 7.78. The lowest BCUT2D eigenvalue weighted by molar-refractivity contribution is -0.134. The van der Waals surface area contributed by atoms with Crippen LogP contribution in [0.3, 0.4) is 0 Å². The zero-order chi connectivity index (χ0) is 28.7. The number of nitrogens with one attached hydrogen (secondary N) is 2. The van der Waals surface area contributed by atoms with Gasteiger partial charge in [-0.15, -0.1) is 0 Å². The second-order valence-electron chi connectivity index (χ2n) is 11.3. The topological polar surface area (TPSA) is 114 Å². The van der Waals surface area contributed by atoms with E-state index in [-0.39, 0.29) is 35.7 Å². The van der Waals surface area contributed by atoms with Crippen LogP contribution in [0.25, 0.3) is 0 Å². The number of amides is 2. The van der Waals surface area contributed by atoms with E-state index in [1.54, 1.807) is 21.0 Å². The maximum Gasteiger partial charge on any atom is 0.224 e. The zero-order valence-corrected chi connectivity index (χ0v) is 23.6. The van der Waals surface area contributed by atoms with E-state index in [4.69, 9.17) is 9.47 Å². The minimum absolute atomic E-state index is 0.0515. The minimum atomic E-state index is -0.910. The maximum atomic E-state index is 13.7. The molecule has 40 heavy (non-hydrogen) atoms. The van der Waals surface area contributed by atoms with Crippen molar-refractivity contribution in [3.63, 3.8) is 0 Å². The minimum Gasteiger partial charge on any atom is -0.497 e. The van der Waals surface area contributed by atoms with Gasteiger partial charge in [-0.25, -0.2) is 0 Å². The molecule has 1 heterocycles. The summed E-state index contributed by atoms with van der Waals surface area (Å²) in [5, 5.41) is 5.81. The Kier molecular flexibility index (Phi) is 9.74. The molecule has 2 N–H and O–H groups in total. The fourth-order valence-electron chi connectivity index (χ4n) is 5.29. The lowest BCUT2D eigenvalue weighted by Gasteiger charge is -2.24. The van der Waals surface area contributed by atoms with Gasteiger partial charge >= 0.3 is 0 Å². The van der Waals surface area contributed by atoms with Gasteiger partial charge in [0.1, 0.15) is 11.4 Å². The molecule has 0 bridgehead atoms. The molecule has 8 heteroatoms. The van der Waals surface area contributed by atoms with E-state index in [0.29, 0.717) is 25.2 Å². The molecule has 0 aromatic heterocycles. The summed E-state index contributed by atoms with van der Waals surface area (Å²) in [5.74, 6) is -0.969. The number of ketones is 2. The number of carbonyl (C=O) groups is 4. The Morgan fingerprint density at radius 1 is 0.950 bits per heavy atom. The number of hydrogen-bond acceptors (Lipinski definition) is 6. The van der Waals surface area contributed by atoms with Gasteiger partial charge in [0, 0.05) is 18.3 Å². The lowest BCUT2D eigenvalue weighted by Crippen LogP contribution is -2.50. The summed E-state index contributed by atoms with van der Waals surface area (Å²) in [4.78, 5) is 53.0. The summed E-state index contributed by atoms with van der Waals surface area (Å²) < 4.78 is 10.7.